The second kappa shape index (κ2) is 5.26. The number of fused-ring (bicyclic) bond motifs is 1. The molecule has 1 fully saturated rings. The summed E-state index contributed by atoms with van der Waals surface area (Å²) in [6.07, 6.45) is 0.932. The van der Waals surface area contributed by atoms with Crippen LogP contribution in [0.1, 0.15) is 22.8 Å². The minimum Gasteiger partial charge on any atom is -0.489 e. The van der Waals surface area contributed by atoms with Gasteiger partial charge in [-0.25, -0.2) is 0 Å². The van der Waals surface area contributed by atoms with Crippen molar-refractivity contribution in [1.82, 2.24) is 9.80 Å². The molecule has 0 spiro atoms. The molecule has 0 saturated carbocycles. The lowest BCUT2D eigenvalue weighted by Gasteiger charge is -2.32. The van der Waals surface area contributed by atoms with E-state index in [9.17, 15) is 4.79 Å². The Morgan fingerprint density at radius 1 is 1.30 bits per heavy atom. The van der Waals surface area contributed by atoms with E-state index in [1.165, 1.54) is 0 Å². The Balaban J connectivity index is 1.89. The Morgan fingerprint density at radius 3 is 2.70 bits per heavy atom. The van der Waals surface area contributed by atoms with Crippen molar-refractivity contribution in [1.29, 1.82) is 0 Å². The Morgan fingerprint density at radius 2 is 2.00 bits per heavy atom. The fourth-order valence-corrected chi connectivity index (χ4v) is 3.07. The average Bonchev–Trinajstić information content (AvgIpc) is 2.78. The van der Waals surface area contributed by atoms with Crippen LogP contribution in [0.4, 0.5) is 0 Å². The Bertz CT molecular complexity index is 539. The van der Waals surface area contributed by atoms with Gasteiger partial charge in [-0.1, -0.05) is 11.6 Å². The summed E-state index contributed by atoms with van der Waals surface area (Å²) in [5, 5.41) is 0.610. The molecule has 2 aliphatic heterocycles. The fourth-order valence-electron chi connectivity index (χ4n) is 2.83. The number of hydrogen-bond acceptors (Lipinski definition) is 3. The smallest absolute Gasteiger partial charge is 0.257 e. The molecule has 2 heterocycles. The molecule has 0 aromatic heterocycles. The number of amides is 1. The van der Waals surface area contributed by atoms with E-state index in [-0.39, 0.29) is 12.0 Å². The lowest BCUT2D eigenvalue weighted by atomic mass is 10.1. The molecule has 108 valence electrons. The summed E-state index contributed by atoms with van der Waals surface area (Å²) < 4.78 is 5.81. The maximum absolute atomic E-state index is 12.7. The van der Waals surface area contributed by atoms with Gasteiger partial charge in [-0.3, -0.25) is 4.79 Å². The van der Waals surface area contributed by atoms with Gasteiger partial charge in [0.1, 0.15) is 11.9 Å². The maximum atomic E-state index is 12.7. The average molecular weight is 295 g/mol. The predicted molar refractivity (Wildman–Crippen MR) is 78.6 cm³/mol. The summed E-state index contributed by atoms with van der Waals surface area (Å²) >= 11 is 6.15. The number of hydrogen-bond donors (Lipinski definition) is 0. The molecule has 0 aliphatic carbocycles. The summed E-state index contributed by atoms with van der Waals surface area (Å²) in [6, 6.07) is 3.64. The van der Waals surface area contributed by atoms with Crippen molar-refractivity contribution < 1.29 is 9.53 Å². The van der Waals surface area contributed by atoms with E-state index < -0.39 is 0 Å². The third-order valence-corrected chi connectivity index (χ3v) is 4.20. The van der Waals surface area contributed by atoms with Crippen LogP contribution in [0, 0.1) is 0 Å². The summed E-state index contributed by atoms with van der Waals surface area (Å²) in [7, 11) is 2.07. The molecule has 3 rings (SSSR count). The van der Waals surface area contributed by atoms with Gasteiger partial charge in [0.2, 0.25) is 0 Å². The van der Waals surface area contributed by atoms with Gasteiger partial charge in [-0.2, -0.15) is 0 Å². The van der Waals surface area contributed by atoms with Crippen LogP contribution in [-0.2, 0) is 6.42 Å². The van der Waals surface area contributed by atoms with Crippen molar-refractivity contribution in [3.63, 3.8) is 0 Å². The van der Waals surface area contributed by atoms with Crippen LogP contribution in [-0.4, -0.2) is 55.0 Å². The number of piperazine rings is 1. The van der Waals surface area contributed by atoms with Gasteiger partial charge < -0.3 is 14.5 Å². The maximum Gasteiger partial charge on any atom is 0.257 e. The second-order valence-electron chi connectivity index (χ2n) is 5.67. The van der Waals surface area contributed by atoms with Crippen LogP contribution < -0.4 is 4.74 Å². The molecule has 0 N–H and O–H groups in total. The third-order valence-electron chi connectivity index (χ3n) is 3.98. The number of halogens is 1. The summed E-state index contributed by atoms with van der Waals surface area (Å²) in [5.41, 5.74) is 1.66. The van der Waals surface area contributed by atoms with Gasteiger partial charge >= 0.3 is 0 Å². The highest BCUT2D eigenvalue weighted by Gasteiger charge is 2.29. The van der Waals surface area contributed by atoms with Crippen LogP contribution in [0.25, 0.3) is 0 Å². The van der Waals surface area contributed by atoms with Gasteiger partial charge in [0.25, 0.3) is 5.91 Å². The van der Waals surface area contributed by atoms with E-state index >= 15 is 0 Å². The van der Waals surface area contributed by atoms with Gasteiger partial charge in [-0.05, 0) is 26.1 Å². The molecule has 0 radical (unpaired) electrons. The van der Waals surface area contributed by atoms with E-state index in [1.807, 2.05) is 17.9 Å². The quantitative estimate of drug-likeness (QED) is 0.795. The van der Waals surface area contributed by atoms with Gasteiger partial charge in [0.05, 0.1) is 5.56 Å². The zero-order valence-electron chi connectivity index (χ0n) is 11.9. The number of carbonyl (C=O) groups is 1. The molecule has 2 aliphatic rings. The van der Waals surface area contributed by atoms with E-state index in [0.29, 0.717) is 10.6 Å². The first-order valence-electron chi connectivity index (χ1n) is 7.01. The molecule has 0 bridgehead atoms. The first kappa shape index (κ1) is 13.7. The lowest BCUT2D eigenvalue weighted by molar-refractivity contribution is 0.0659. The molecule has 1 aromatic rings. The van der Waals surface area contributed by atoms with Crippen LogP contribution >= 0.6 is 11.6 Å². The van der Waals surface area contributed by atoms with Crippen LogP contribution in [0.5, 0.6) is 5.75 Å². The summed E-state index contributed by atoms with van der Waals surface area (Å²) in [5.74, 6) is 0.761. The first-order valence-corrected chi connectivity index (χ1v) is 7.39. The lowest BCUT2D eigenvalue weighted by Crippen LogP contribution is -2.47. The normalized spacial score (nSPS) is 22.6. The van der Waals surface area contributed by atoms with Crippen molar-refractivity contribution >= 4 is 17.5 Å². The topological polar surface area (TPSA) is 32.8 Å². The van der Waals surface area contributed by atoms with E-state index in [0.717, 1.165) is 43.9 Å². The molecular formula is C15H19ClN2O2. The number of nitrogens with zero attached hydrogens (tertiary/aromatic N) is 2. The first-order chi connectivity index (χ1) is 9.54. The minimum atomic E-state index is 0.0333. The van der Waals surface area contributed by atoms with Gasteiger partial charge in [0.15, 0.2) is 0 Å². The number of likely N-dealkylation sites (N-methyl/N-ethyl adjacent to an activating group) is 1. The molecule has 1 atom stereocenters. The standard InChI is InChI=1S/C15H19ClN2O2/c1-10-7-11-8-12(16)9-13(14(11)20-10)15(19)18-5-3-17(2)4-6-18/h8-10H,3-7H2,1-2H3/t10-/m0/s1. The molecule has 1 aromatic carbocycles. The Kier molecular flexibility index (Phi) is 3.61. The van der Waals surface area contributed by atoms with Gasteiger partial charge in [0, 0.05) is 43.2 Å². The fraction of sp³-hybridized carbons (Fsp3) is 0.533. The zero-order chi connectivity index (χ0) is 14.3. The van der Waals surface area contributed by atoms with Crippen molar-refractivity contribution in [2.24, 2.45) is 0 Å². The van der Waals surface area contributed by atoms with Crippen molar-refractivity contribution in [2.75, 3.05) is 33.2 Å². The van der Waals surface area contributed by atoms with Crippen molar-refractivity contribution in [3.05, 3.63) is 28.3 Å². The molecule has 4 nitrogen and oxygen atoms in total. The summed E-state index contributed by atoms with van der Waals surface area (Å²) in [4.78, 5) is 16.8. The monoisotopic (exact) mass is 294 g/mol. The number of rotatable bonds is 1. The van der Waals surface area contributed by atoms with Crippen molar-refractivity contribution in [3.8, 4) is 5.75 Å². The Labute approximate surface area is 124 Å². The molecular weight excluding hydrogens is 276 g/mol. The highest BCUT2D eigenvalue weighted by Crippen LogP contribution is 2.36. The highest BCUT2D eigenvalue weighted by atomic mass is 35.5. The number of ether oxygens (including phenoxy) is 1. The van der Waals surface area contributed by atoms with E-state index in [1.54, 1.807) is 6.07 Å². The SMILES string of the molecule is C[C@H]1Cc2cc(Cl)cc(C(=O)N3CCN(C)CC3)c2O1. The highest BCUT2D eigenvalue weighted by molar-refractivity contribution is 6.31. The Hall–Kier alpha value is -1.26. The predicted octanol–water partition coefficient (Wildman–Crippen LogP) is 2.05. The number of carbonyl (C=O) groups excluding carboxylic acids is 1. The van der Waals surface area contributed by atoms with Gasteiger partial charge in [-0.15, -0.1) is 0 Å². The van der Waals surface area contributed by atoms with Crippen LogP contribution in [0.3, 0.4) is 0 Å². The second-order valence-corrected chi connectivity index (χ2v) is 6.11. The molecule has 0 unspecified atom stereocenters. The molecule has 5 heteroatoms. The van der Waals surface area contributed by atoms with Crippen LogP contribution in [0.15, 0.2) is 12.1 Å². The molecule has 20 heavy (non-hydrogen) atoms. The third kappa shape index (κ3) is 2.50. The van der Waals surface area contributed by atoms with E-state index in [4.69, 9.17) is 16.3 Å². The van der Waals surface area contributed by atoms with E-state index in [2.05, 4.69) is 11.9 Å². The molecule has 1 saturated heterocycles. The van der Waals surface area contributed by atoms with Crippen molar-refractivity contribution in [2.45, 2.75) is 19.4 Å². The summed E-state index contributed by atoms with van der Waals surface area (Å²) in [6.45, 7) is 5.34. The molecule has 1 amide bonds. The van der Waals surface area contributed by atoms with Crippen LogP contribution in [0.2, 0.25) is 5.02 Å². The zero-order valence-corrected chi connectivity index (χ0v) is 12.6. The largest absolute Gasteiger partial charge is 0.489 e. The minimum absolute atomic E-state index is 0.0333. The number of benzene rings is 1.